The van der Waals surface area contributed by atoms with Crippen LogP contribution in [-0.4, -0.2) is 24.5 Å². The van der Waals surface area contributed by atoms with E-state index in [1.807, 2.05) is 6.92 Å². The third-order valence-corrected chi connectivity index (χ3v) is 4.68. The van der Waals surface area contributed by atoms with Crippen LogP contribution < -0.4 is 5.14 Å². The highest BCUT2D eigenvalue weighted by atomic mass is 79.9. The van der Waals surface area contributed by atoms with Crippen LogP contribution in [0.5, 0.6) is 0 Å². The lowest BCUT2D eigenvalue weighted by Crippen LogP contribution is -2.15. The first kappa shape index (κ1) is 18.6. The first-order valence-corrected chi connectivity index (χ1v) is 9.42. The zero-order chi connectivity index (χ0) is 17.9. The van der Waals surface area contributed by atoms with E-state index in [-0.39, 0.29) is 16.3 Å². The third kappa shape index (κ3) is 4.40. The molecule has 0 radical (unpaired) electrons. The van der Waals surface area contributed by atoms with E-state index in [0.29, 0.717) is 16.7 Å². The first-order chi connectivity index (χ1) is 11.2. The van der Waals surface area contributed by atoms with Gasteiger partial charge in [-0.3, -0.25) is 0 Å². The van der Waals surface area contributed by atoms with Crippen LogP contribution in [0.3, 0.4) is 0 Å². The number of carbonyl (C=O) groups excluding carboxylic acids is 1. The Morgan fingerprint density at radius 2 is 2.17 bits per heavy atom. The molecule has 0 aliphatic rings. The number of aromatic nitrogens is 2. The highest BCUT2D eigenvalue weighted by Crippen LogP contribution is 2.24. The number of hydrogen-bond acceptors (Lipinski definition) is 7. The first-order valence-electron chi connectivity index (χ1n) is 7.08. The lowest BCUT2D eigenvalue weighted by atomic mass is 10.2. The van der Waals surface area contributed by atoms with Gasteiger partial charge in [-0.25, -0.2) is 18.4 Å². The van der Waals surface area contributed by atoms with Crippen molar-refractivity contribution in [3.8, 4) is 0 Å². The predicted octanol–water partition coefficient (Wildman–Crippen LogP) is 2.35. The number of hydrogen-bond donors (Lipinski definition) is 1. The van der Waals surface area contributed by atoms with Crippen LogP contribution in [0.1, 0.15) is 48.4 Å². The fraction of sp³-hybridized carbons (Fsp3) is 0.357. The molecule has 8 nitrogen and oxygen atoms in total. The molecule has 130 valence electrons. The molecule has 1 aromatic carbocycles. The second-order valence-corrected chi connectivity index (χ2v) is 7.45. The fourth-order valence-electron chi connectivity index (χ4n) is 1.87. The molecule has 10 heteroatoms. The molecule has 2 aromatic rings. The molecular formula is C14H16BrN3O5S. The Bertz CT molecular complexity index is 850. The minimum absolute atomic E-state index is 0.0293. The average Bonchev–Trinajstić information content (AvgIpc) is 2.95. The van der Waals surface area contributed by atoms with Crippen LogP contribution in [0.2, 0.25) is 0 Å². The molecule has 0 aliphatic carbocycles. The van der Waals surface area contributed by atoms with Crippen molar-refractivity contribution in [3.63, 3.8) is 0 Å². The van der Waals surface area contributed by atoms with Crippen molar-refractivity contribution in [3.05, 3.63) is 40.0 Å². The number of aryl methyl sites for hydroxylation is 1. The molecule has 0 amide bonds. The summed E-state index contributed by atoms with van der Waals surface area (Å²) < 4.78 is 33.5. The van der Waals surface area contributed by atoms with E-state index in [9.17, 15) is 13.2 Å². The smallest absolute Gasteiger partial charge is 0.340 e. The van der Waals surface area contributed by atoms with E-state index < -0.39 is 22.1 Å². The van der Waals surface area contributed by atoms with Gasteiger partial charge in [-0.05, 0) is 47.5 Å². The summed E-state index contributed by atoms with van der Waals surface area (Å²) in [5.74, 6) is -0.0339. The lowest BCUT2D eigenvalue weighted by Gasteiger charge is -2.11. The van der Waals surface area contributed by atoms with Gasteiger partial charge in [0.05, 0.1) is 10.5 Å². The van der Waals surface area contributed by atoms with Crippen molar-refractivity contribution in [2.75, 3.05) is 0 Å². The van der Waals surface area contributed by atoms with E-state index in [1.54, 1.807) is 6.92 Å². The molecule has 0 spiro atoms. The Hall–Kier alpha value is -1.78. The summed E-state index contributed by atoms with van der Waals surface area (Å²) in [6.07, 6.45) is 0.743. The number of sulfonamides is 1. The van der Waals surface area contributed by atoms with Crippen LogP contribution >= 0.6 is 15.9 Å². The molecule has 2 rings (SSSR count). The van der Waals surface area contributed by atoms with Gasteiger partial charge in [-0.15, -0.1) is 0 Å². The zero-order valence-electron chi connectivity index (χ0n) is 13.0. The summed E-state index contributed by atoms with van der Waals surface area (Å²) in [5, 5.41) is 8.86. The van der Waals surface area contributed by atoms with Crippen LogP contribution in [0.15, 0.2) is 32.1 Å². The van der Waals surface area contributed by atoms with E-state index in [1.165, 1.54) is 12.1 Å². The molecule has 0 saturated carbocycles. The predicted molar refractivity (Wildman–Crippen MR) is 87.6 cm³/mol. The van der Waals surface area contributed by atoms with Crippen molar-refractivity contribution in [2.24, 2.45) is 5.14 Å². The van der Waals surface area contributed by atoms with Gasteiger partial charge in [0.15, 0.2) is 11.9 Å². The minimum atomic E-state index is -3.93. The molecule has 1 aromatic heterocycles. The number of nitrogens with two attached hydrogens (primary N) is 1. The maximum Gasteiger partial charge on any atom is 0.340 e. The number of ether oxygens (including phenoxy) is 1. The number of carbonyl (C=O) groups is 1. The van der Waals surface area contributed by atoms with Crippen LogP contribution in [0.25, 0.3) is 0 Å². The van der Waals surface area contributed by atoms with Crippen LogP contribution in [-0.2, 0) is 21.2 Å². The van der Waals surface area contributed by atoms with Crippen molar-refractivity contribution < 1.29 is 22.5 Å². The second kappa shape index (κ2) is 7.41. The van der Waals surface area contributed by atoms with Gasteiger partial charge in [0.1, 0.15) is 0 Å². The normalized spacial score (nSPS) is 12.8. The Labute approximate surface area is 147 Å². The molecule has 1 heterocycles. The Morgan fingerprint density at radius 3 is 2.79 bits per heavy atom. The zero-order valence-corrected chi connectivity index (χ0v) is 15.4. The van der Waals surface area contributed by atoms with E-state index in [0.717, 1.165) is 12.5 Å². The SMILES string of the molecule is CCCc1noc(C(C)OC(=O)c2cc(S(N)(=O)=O)ccc2Br)n1. The monoisotopic (exact) mass is 417 g/mol. The summed E-state index contributed by atoms with van der Waals surface area (Å²) in [4.78, 5) is 16.2. The molecule has 0 saturated heterocycles. The number of nitrogens with zero attached hydrogens (tertiary/aromatic N) is 2. The molecule has 1 atom stereocenters. The van der Waals surface area contributed by atoms with Gasteiger partial charge in [0, 0.05) is 10.9 Å². The van der Waals surface area contributed by atoms with Gasteiger partial charge in [0.2, 0.25) is 10.0 Å². The summed E-state index contributed by atoms with van der Waals surface area (Å²) in [6.45, 7) is 3.56. The van der Waals surface area contributed by atoms with Gasteiger partial charge in [-0.2, -0.15) is 4.98 Å². The number of rotatable bonds is 6. The van der Waals surface area contributed by atoms with Gasteiger partial charge in [0.25, 0.3) is 5.89 Å². The highest BCUT2D eigenvalue weighted by Gasteiger charge is 2.22. The van der Waals surface area contributed by atoms with E-state index in [4.69, 9.17) is 14.4 Å². The molecule has 1 unspecified atom stereocenters. The van der Waals surface area contributed by atoms with Crippen LogP contribution in [0, 0.1) is 0 Å². The molecule has 24 heavy (non-hydrogen) atoms. The van der Waals surface area contributed by atoms with Crippen molar-refractivity contribution in [2.45, 2.75) is 37.7 Å². The number of primary sulfonamides is 1. The quantitative estimate of drug-likeness (QED) is 0.714. The van der Waals surface area contributed by atoms with Crippen molar-refractivity contribution in [1.82, 2.24) is 10.1 Å². The van der Waals surface area contributed by atoms with Gasteiger partial charge in [-0.1, -0.05) is 12.1 Å². The molecule has 0 bridgehead atoms. The Morgan fingerprint density at radius 1 is 1.46 bits per heavy atom. The second-order valence-electron chi connectivity index (χ2n) is 5.03. The van der Waals surface area contributed by atoms with E-state index >= 15 is 0 Å². The third-order valence-electron chi connectivity index (χ3n) is 3.08. The lowest BCUT2D eigenvalue weighted by molar-refractivity contribution is 0.0264. The topological polar surface area (TPSA) is 125 Å². The van der Waals surface area contributed by atoms with Crippen LogP contribution in [0.4, 0.5) is 0 Å². The highest BCUT2D eigenvalue weighted by molar-refractivity contribution is 9.10. The van der Waals surface area contributed by atoms with Crippen molar-refractivity contribution >= 4 is 31.9 Å². The average molecular weight is 418 g/mol. The maximum atomic E-state index is 12.3. The van der Waals surface area contributed by atoms with Crippen molar-refractivity contribution in [1.29, 1.82) is 0 Å². The minimum Gasteiger partial charge on any atom is -0.449 e. The van der Waals surface area contributed by atoms with E-state index in [2.05, 4.69) is 26.1 Å². The summed E-state index contributed by atoms with van der Waals surface area (Å²) in [7, 11) is -3.93. The summed E-state index contributed by atoms with van der Waals surface area (Å²) in [5.41, 5.74) is 0.0293. The Balaban J connectivity index is 2.19. The van der Waals surface area contributed by atoms with Gasteiger partial charge >= 0.3 is 5.97 Å². The molecule has 0 aliphatic heterocycles. The molecule has 2 N–H and O–H groups in total. The van der Waals surface area contributed by atoms with Gasteiger partial charge < -0.3 is 9.26 Å². The Kier molecular flexibility index (Phi) is 5.73. The summed E-state index contributed by atoms with van der Waals surface area (Å²) in [6, 6.07) is 3.84. The number of esters is 1. The largest absolute Gasteiger partial charge is 0.449 e. The fourth-order valence-corrected chi connectivity index (χ4v) is 2.82. The number of halogens is 1. The standard InChI is InChI=1S/C14H16BrN3O5S/c1-3-4-12-17-13(23-18-12)8(2)22-14(19)10-7-9(24(16,20)21)5-6-11(10)15/h5-8H,3-4H2,1-2H3,(H2,16,20,21). The maximum absolute atomic E-state index is 12.3. The number of benzene rings is 1. The molecular weight excluding hydrogens is 402 g/mol. The molecule has 0 fully saturated rings. The summed E-state index contributed by atoms with van der Waals surface area (Å²) >= 11 is 3.18.